The van der Waals surface area contributed by atoms with Gasteiger partial charge in [-0.05, 0) is 76.7 Å². The van der Waals surface area contributed by atoms with Crippen LogP contribution in [0.4, 0.5) is 4.39 Å². The molecule has 324 valence electrons. The summed E-state index contributed by atoms with van der Waals surface area (Å²) in [5.74, 6) is 0.206. The molecule has 1 aliphatic rings. The lowest BCUT2D eigenvalue weighted by atomic mass is 9.91. The summed E-state index contributed by atoms with van der Waals surface area (Å²) >= 11 is 0. The fraction of sp³-hybridized carbons (Fsp3) is 0.732. The number of carboxylic acids is 1. The van der Waals surface area contributed by atoms with Gasteiger partial charge in [0.2, 0.25) is 18.7 Å². The molecule has 2 rings (SSSR count). The average molecular weight is 790 g/mol. The zero-order chi connectivity index (χ0) is 43.9. The van der Waals surface area contributed by atoms with Crippen LogP contribution in [0.1, 0.15) is 113 Å². The standard InChI is InChI=1S/C16H32N2O2.C10H10FNO3.C6H12O.C4H10O.C3H8.CH3NO.CH5N/c1-7-12(2)16(17(4)5)14(20-6)11-15(19)18-10-8-9-13(18)3;11-8-4-2-1-3-7(8)5-9(10(14)15)12-6-13;1-6(2)4-3-5-7;1-4(2)3-5;1-3-2;2-1-3;1-2/h12-14,16H,7-11H2,1-6H3;1-4,6,9H,5H2,(H,12,13)(H,14,15);5-6H,3-4H2,1-2H3;4-5H,3H2,1-2H3;3H2,1-2H3;1H,(H2,2,3);2H2,1H3. The van der Waals surface area contributed by atoms with Gasteiger partial charge in [-0.25, -0.2) is 9.18 Å². The Balaban J connectivity index is -0.000000208. The molecule has 1 fully saturated rings. The lowest BCUT2D eigenvalue weighted by molar-refractivity contribution is -0.140. The highest BCUT2D eigenvalue weighted by Gasteiger charge is 2.33. The van der Waals surface area contributed by atoms with E-state index in [1.165, 1.54) is 31.7 Å². The van der Waals surface area contributed by atoms with Crippen LogP contribution in [0.5, 0.6) is 0 Å². The molecule has 0 spiro atoms. The van der Waals surface area contributed by atoms with E-state index in [2.05, 4.69) is 84.2 Å². The number of nitrogens with two attached hydrogens (primary N) is 2. The average Bonchev–Trinajstić information content (AvgIpc) is 3.58. The molecule has 0 radical (unpaired) electrons. The number of methoxy groups -OCH3 is 1. The molecule has 13 nitrogen and oxygen atoms in total. The van der Waals surface area contributed by atoms with Crippen LogP contribution in [0.3, 0.4) is 0 Å². The van der Waals surface area contributed by atoms with Crippen LogP contribution in [0, 0.1) is 23.6 Å². The highest BCUT2D eigenvalue weighted by atomic mass is 19.1. The van der Waals surface area contributed by atoms with Crippen molar-refractivity contribution in [3.63, 3.8) is 0 Å². The molecule has 0 aliphatic carbocycles. The summed E-state index contributed by atoms with van der Waals surface area (Å²) in [6.45, 7) is 20.2. The van der Waals surface area contributed by atoms with Crippen LogP contribution in [0.2, 0.25) is 0 Å². The molecule has 7 N–H and O–H groups in total. The number of halogens is 1. The number of ether oxygens (including phenoxy) is 1. The predicted octanol–water partition coefficient (Wildman–Crippen LogP) is 5.30. The molecule has 3 amide bonds. The van der Waals surface area contributed by atoms with Crippen molar-refractivity contribution in [2.24, 2.45) is 29.2 Å². The molecule has 1 saturated heterocycles. The lowest BCUT2D eigenvalue weighted by Gasteiger charge is -2.36. The number of aldehydes is 1. The van der Waals surface area contributed by atoms with Gasteiger partial charge in [0.15, 0.2) is 0 Å². The summed E-state index contributed by atoms with van der Waals surface area (Å²) in [6.07, 6.45) is 8.27. The molecule has 55 heavy (non-hydrogen) atoms. The lowest BCUT2D eigenvalue weighted by Crippen LogP contribution is -2.47. The number of nitrogens with one attached hydrogen (secondary N) is 1. The Morgan fingerprint density at radius 3 is 1.87 bits per heavy atom. The summed E-state index contributed by atoms with van der Waals surface area (Å²) in [6, 6.07) is 5.43. The largest absolute Gasteiger partial charge is 0.480 e. The Morgan fingerprint density at radius 1 is 1.05 bits per heavy atom. The number of hydrogen-bond acceptors (Lipinski definition) is 9. The molecule has 5 atom stereocenters. The van der Waals surface area contributed by atoms with Crippen molar-refractivity contribution in [3.05, 3.63) is 35.6 Å². The number of amides is 3. The van der Waals surface area contributed by atoms with E-state index >= 15 is 0 Å². The summed E-state index contributed by atoms with van der Waals surface area (Å²) in [4.78, 5) is 55.8. The van der Waals surface area contributed by atoms with Crippen molar-refractivity contribution in [1.29, 1.82) is 0 Å². The maximum atomic E-state index is 13.1. The minimum atomic E-state index is -1.19. The molecular formula is C41H80FN5O8. The quantitative estimate of drug-likeness (QED) is 0.137. The number of carboxylic acid groups (broad SMARTS) is 1. The van der Waals surface area contributed by atoms with E-state index in [4.69, 9.17) is 19.7 Å². The second-order valence-electron chi connectivity index (χ2n) is 13.9. The Labute approximate surface area is 333 Å². The normalized spacial score (nSPS) is 14.7. The fourth-order valence-corrected chi connectivity index (χ4v) is 4.97. The minimum absolute atomic E-state index is 0.0275. The summed E-state index contributed by atoms with van der Waals surface area (Å²) in [5, 5.41) is 19.0. The number of rotatable bonds is 16. The SMILES string of the molecule is CC(C)CCC=O.CC(C)CO.CCC.CCC(C)C(C(CC(=O)N1CCCC1C)OC)N(C)C.CN.NC=O.O=CNC(Cc1ccccc1F)C(=O)O. The third-order valence-corrected chi connectivity index (χ3v) is 7.93. The maximum absolute atomic E-state index is 13.1. The summed E-state index contributed by atoms with van der Waals surface area (Å²) in [5.41, 5.74) is 8.93. The minimum Gasteiger partial charge on any atom is -0.480 e. The smallest absolute Gasteiger partial charge is 0.326 e. The number of carbonyl (C=O) groups excluding carboxylic acids is 4. The Bertz CT molecular complexity index is 1070. The summed E-state index contributed by atoms with van der Waals surface area (Å²) in [7, 11) is 7.38. The molecular weight excluding hydrogens is 709 g/mol. The first-order chi connectivity index (χ1) is 25.9. The number of primary amides is 1. The number of aliphatic carboxylic acids is 1. The number of likely N-dealkylation sites (tertiary alicyclic amines) is 1. The zero-order valence-corrected chi connectivity index (χ0v) is 36.4. The van der Waals surface area contributed by atoms with Crippen molar-refractivity contribution in [1.82, 2.24) is 15.1 Å². The molecule has 1 aliphatic heterocycles. The van der Waals surface area contributed by atoms with E-state index in [9.17, 15) is 23.6 Å². The van der Waals surface area contributed by atoms with Gasteiger partial charge in [0, 0.05) is 45.2 Å². The van der Waals surface area contributed by atoms with Gasteiger partial charge >= 0.3 is 5.97 Å². The first-order valence-corrected chi connectivity index (χ1v) is 19.4. The van der Waals surface area contributed by atoms with E-state index in [1.807, 2.05) is 18.7 Å². The summed E-state index contributed by atoms with van der Waals surface area (Å²) < 4.78 is 18.8. The molecule has 14 heteroatoms. The van der Waals surface area contributed by atoms with Gasteiger partial charge in [0.05, 0.1) is 12.5 Å². The predicted molar refractivity (Wildman–Crippen MR) is 222 cm³/mol. The van der Waals surface area contributed by atoms with Gasteiger partial charge in [-0.2, -0.15) is 0 Å². The number of carbonyl (C=O) groups is 5. The van der Waals surface area contributed by atoms with Gasteiger partial charge < -0.3 is 46.3 Å². The first-order valence-electron chi connectivity index (χ1n) is 19.4. The second-order valence-corrected chi connectivity index (χ2v) is 13.9. The van der Waals surface area contributed by atoms with Gasteiger partial charge in [-0.1, -0.05) is 86.4 Å². The molecule has 1 aromatic rings. The number of aliphatic hydroxyl groups excluding tert-OH is 1. The van der Waals surface area contributed by atoms with Crippen molar-refractivity contribution >= 4 is 31.0 Å². The fourth-order valence-electron chi connectivity index (χ4n) is 4.97. The topological polar surface area (TPSA) is 206 Å². The number of likely N-dealkylation sites (N-methyl/N-ethyl adjacent to an activating group) is 1. The van der Waals surface area contributed by atoms with Gasteiger partial charge in [0.1, 0.15) is 18.1 Å². The van der Waals surface area contributed by atoms with Crippen molar-refractivity contribution in [2.45, 2.75) is 138 Å². The highest BCUT2D eigenvalue weighted by Crippen LogP contribution is 2.23. The molecule has 0 saturated carbocycles. The van der Waals surface area contributed by atoms with E-state index < -0.39 is 17.8 Å². The van der Waals surface area contributed by atoms with Crippen molar-refractivity contribution in [3.8, 4) is 0 Å². The van der Waals surface area contributed by atoms with Crippen LogP contribution >= 0.6 is 0 Å². The third kappa shape index (κ3) is 34.7. The molecule has 0 bridgehead atoms. The molecule has 5 unspecified atom stereocenters. The molecule has 1 heterocycles. The zero-order valence-electron chi connectivity index (χ0n) is 36.4. The number of nitrogens with zero attached hydrogens (tertiary/aromatic N) is 2. The van der Waals surface area contributed by atoms with E-state index in [-0.39, 0.29) is 36.4 Å². The van der Waals surface area contributed by atoms with Crippen molar-refractivity contribution < 1.29 is 43.3 Å². The number of hydrogen-bond donors (Lipinski definition) is 5. The van der Waals surface area contributed by atoms with E-state index in [1.54, 1.807) is 13.2 Å². The van der Waals surface area contributed by atoms with Crippen LogP contribution in [0.25, 0.3) is 0 Å². The molecule has 0 aromatic heterocycles. The van der Waals surface area contributed by atoms with Gasteiger partial charge in [0.25, 0.3) is 0 Å². The third-order valence-electron chi connectivity index (χ3n) is 7.93. The Morgan fingerprint density at radius 2 is 1.56 bits per heavy atom. The maximum Gasteiger partial charge on any atom is 0.326 e. The number of benzene rings is 1. The second kappa shape index (κ2) is 41.7. The number of aliphatic hydroxyl groups is 1. The van der Waals surface area contributed by atoms with E-state index in [0.29, 0.717) is 43.2 Å². The van der Waals surface area contributed by atoms with E-state index in [0.717, 1.165) is 44.9 Å². The van der Waals surface area contributed by atoms with Crippen LogP contribution < -0.4 is 16.8 Å². The van der Waals surface area contributed by atoms with Gasteiger partial charge in [-0.3, -0.25) is 14.4 Å². The van der Waals surface area contributed by atoms with Crippen LogP contribution in [-0.4, -0.2) is 117 Å². The Hall–Kier alpha value is -3.46. The highest BCUT2D eigenvalue weighted by molar-refractivity contribution is 5.77. The monoisotopic (exact) mass is 790 g/mol. The van der Waals surface area contributed by atoms with Gasteiger partial charge in [-0.15, -0.1) is 0 Å². The first kappa shape index (κ1) is 60.8. The van der Waals surface area contributed by atoms with Crippen LogP contribution in [-0.2, 0) is 35.1 Å². The molecule has 1 aromatic carbocycles. The van der Waals surface area contributed by atoms with Crippen molar-refractivity contribution in [2.75, 3.05) is 41.4 Å². The van der Waals surface area contributed by atoms with Crippen LogP contribution in [0.15, 0.2) is 24.3 Å². The Kier molecular flexibility index (Phi) is 46.1.